The number of rotatable bonds is 3. The Kier molecular flexibility index (Phi) is 4.29. The monoisotopic (exact) mass is 347 g/mol. The Labute approximate surface area is 133 Å². The molecular weight excluding hydrogens is 329 g/mol. The normalized spacial score (nSPS) is 15.4. The van der Waals surface area contributed by atoms with Crippen molar-refractivity contribution in [2.75, 3.05) is 5.32 Å². The van der Waals surface area contributed by atoms with Crippen LogP contribution in [0.25, 0.3) is 0 Å². The van der Waals surface area contributed by atoms with Crippen molar-refractivity contribution >= 4 is 21.6 Å². The summed E-state index contributed by atoms with van der Waals surface area (Å²) in [6, 6.07) is 11.6. The van der Waals surface area contributed by atoms with Gasteiger partial charge in [0.1, 0.15) is 5.82 Å². The fourth-order valence-electron chi connectivity index (χ4n) is 3.08. The topological polar surface area (TPSA) is 12.0 Å². The van der Waals surface area contributed by atoms with Crippen LogP contribution in [0.1, 0.15) is 42.5 Å². The van der Waals surface area contributed by atoms with Gasteiger partial charge in [0.15, 0.2) is 0 Å². The van der Waals surface area contributed by atoms with E-state index in [-0.39, 0.29) is 11.9 Å². The molecule has 3 rings (SSSR count). The molecule has 0 bridgehead atoms. The second-order valence-corrected chi connectivity index (χ2v) is 6.60. The first-order valence-electron chi connectivity index (χ1n) is 7.47. The quantitative estimate of drug-likeness (QED) is 0.757. The maximum absolute atomic E-state index is 14.1. The van der Waals surface area contributed by atoms with Crippen LogP contribution in [0.2, 0.25) is 0 Å². The van der Waals surface area contributed by atoms with Crippen molar-refractivity contribution in [3.63, 3.8) is 0 Å². The number of fused-ring (bicyclic) bond motifs is 1. The number of halogens is 2. The first-order valence-corrected chi connectivity index (χ1v) is 8.26. The third-order valence-electron chi connectivity index (χ3n) is 4.20. The van der Waals surface area contributed by atoms with Gasteiger partial charge in [0.25, 0.3) is 0 Å². The van der Waals surface area contributed by atoms with E-state index in [1.807, 2.05) is 19.1 Å². The van der Waals surface area contributed by atoms with Crippen molar-refractivity contribution < 1.29 is 4.39 Å². The Balaban J connectivity index is 1.86. The van der Waals surface area contributed by atoms with Gasteiger partial charge in [-0.05, 0) is 61.9 Å². The van der Waals surface area contributed by atoms with Crippen LogP contribution in [0.3, 0.4) is 0 Å². The third-order valence-corrected chi connectivity index (χ3v) is 4.69. The van der Waals surface area contributed by atoms with Crippen LogP contribution in [-0.2, 0) is 12.8 Å². The molecule has 1 N–H and O–H groups in total. The van der Waals surface area contributed by atoms with Gasteiger partial charge in [-0.15, -0.1) is 0 Å². The standard InChI is InChI=1S/C18H19BrFN/c1-12(15-10-9-14(19)11-17(15)20)21-18-8-4-6-13-5-2-3-7-16(13)18/h4,6,8-12,21H,2-3,5,7H2,1H3. The van der Waals surface area contributed by atoms with E-state index in [1.165, 1.54) is 30.0 Å². The van der Waals surface area contributed by atoms with Crippen molar-refractivity contribution in [1.29, 1.82) is 0 Å². The lowest BCUT2D eigenvalue weighted by atomic mass is 9.90. The molecule has 21 heavy (non-hydrogen) atoms. The van der Waals surface area contributed by atoms with Crippen LogP contribution in [0.4, 0.5) is 10.1 Å². The van der Waals surface area contributed by atoms with Crippen LogP contribution >= 0.6 is 15.9 Å². The van der Waals surface area contributed by atoms with E-state index in [0.717, 1.165) is 23.0 Å². The molecule has 1 aliphatic carbocycles. The second kappa shape index (κ2) is 6.18. The Bertz CT molecular complexity index is 654. The predicted octanol–water partition coefficient (Wildman–Crippen LogP) is 5.64. The van der Waals surface area contributed by atoms with Gasteiger partial charge >= 0.3 is 0 Å². The summed E-state index contributed by atoms with van der Waals surface area (Å²) in [5, 5.41) is 3.49. The molecule has 1 unspecified atom stereocenters. The number of aryl methyl sites for hydroxylation is 1. The van der Waals surface area contributed by atoms with Crippen molar-refractivity contribution in [1.82, 2.24) is 0 Å². The first-order chi connectivity index (χ1) is 10.1. The summed E-state index contributed by atoms with van der Waals surface area (Å²) in [4.78, 5) is 0. The highest BCUT2D eigenvalue weighted by molar-refractivity contribution is 9.10. The molecule has 1 nitrogen and oxygen atoms in total. The minimum Gasteiger partial charge on any atom is -0.378 e. The van der Waals surface area contributed by atoms with E-state index in [9.17, 15) is 4.39 Å². The number of nitrogens with one attached hydrogen (secondary N) is 1. The molecule has 2 aromatic rings. The molecule has 0 aliphatic heterocycles. The molecular formula is C18H19BrFN. The summed E-state index contributed by atoms with van der Waals surface area (Å²) >= 11 is 3.30. The van der Waals surface area contributed by atoms with Gasteiger partial charge in [0.2, 0.25) is 0 Å². The fraction of sp³-hybridized carbons (Fsp3) is 0.333. The Hall–Kier alpha value is -1.35. The average Bonchev–Trinajstić information content (AvgIpc) is 2.47. The summed E-state index contributed by atoms with van der Waals surface area (Å²) in [5.41, 5.74) is 4.71. The zero-order chi connectivity index (χ0) is 14.8. The third kappa shape index (κ3) is 3.13. The number of anilines is 1. The largest absolute Gasteiger partial charge is 0.378 e. The summed E-state index contributed by atoms with van der Waals surface area (Å²) in [6.45, 7) is 2.01. The van der Waals surface area contributed by atoms with Crippen LogP contribution in [0.5, 0.6) is 0 Å². The fourth-order valence-corrected chi connectivity index (χ4v) is 3.41. The van der Waals surface area contributed by atoms with Crippen LogP contribution in [0, 0.1) is 5.82 Å². The van der Waals surface area contributed by atoms with E-state index in [1.54, 1.807) is 0 Å². The molecule has 0 heterocycles. The Morgan fingerprint density at radius 2 is 1.95 bits per heavy atom. The van der Waals surface area contributed by atoms with Crippen molar-refractivity contribution in [3.8, 4) is 0 Å². The van der Waals surface area contributed by atoms with Crippen molar-refractivity contribution in [2.24, 2.45) is 0 Å². The maximum Gasteiger partial charge on any atom is 0.129 e. The molecule has 0 saturated heterocycles. The molecule has 3 heteroatoms. The Morgan fingerprint density at radius 1 is 1.14 bits per heavy atom. The molecule has 1 atom stereocenters. The highest BCUT2D eigenvalue weighted by Gasteiger charge is 2.16. The minimum absolute atomic E-state index is 0.0495. The number of hydrogen-bond acceptors (Lipinski definition) is 1. The van der Waals surface area contributed by atoms with Gasteiger partial charge < -0.3 is 5.32 Å². The average molecular weight is 348 g/mol. The van der Waals surface area contributed by atoms with E-state index < -0.39 is 0 Å². The van der Waals surface area contributed by atoms with Crippen molar-refractivity contribution in [3.05, 3.63) is 63.4 Å². The smallest absolute Gasteiger partial charge is 0.129 e. The van der Waals surface area contributed by atoms with Gasteiger partial charge in [-0.3, -0.25) is 0 Å². The molecule has 0 spiro atoms. The highest BCUT2D eigenvalue weighted by atomic mass is 79.9. The Morgan fingerprint density at radius 3 is 2.76 bits per heavy atom. The van der Waals surface area contributed by atoms with Gasteiger partial charge in [-0.1, -0.05) is 34.1 Å². The van der Waals surface area contributed by atoms with Gasteiger partial charge in [0.05, 0.1) is 6.04 Å². The molecule has 0 aromatic heterocycles. The van der Waals surface area contributed by atoms with Gasteiger partial charge in [0, 0.05) is 15.7 Å². The summed E-state index contributed by atoms with van der Waals surface area (Å²) in [7, 11) is 0. The van der Waals surface area contributed by atoms with E-state index in [2.05, 4.69) is 39.4 Å². The molecule has 2 aromatic carbocycles. The lowest BCUT2D eigenvalue weighted by Crippen LogP contribution is -2.12. The van der Waals surface area contributed by atoms with Crippen LogP contribution < -0.4 is 5.32 Å². The summed E-state index contributed by atoms with van der Waals surface area (Å²) in [6.07, 6.45) is 4.79. The predicted molar refractivity (Wildman–Crippen MR) is 89.2 cm³/mol. The first kappa shape index (κ1) is 14.6. The molecule has 0 amide bonds. The maximum atomic E-state index is 14.1. The summed E-state index contributed by atoms with van der Waals surface area (Å²) < 4.78 is 14.8. The van der Waals surface area contributed by atoms with E-state index in [4.69, 9.17) is 0 Å². The van der Waals surface area contributed by atoms with Crippen molar-refractivity contribution in [2.45, 2.75) is 38.6 Å². The van der Waals surface area contributed by atoms with E-state index >= 15 is 0 Å². The van der Waals surface area contributed by atoms with Crippen LogP contribution in [-0.4, -0.2) is 0 Å². The SMILES string of the molecule is CC(Nc1cccc2c1CCCC2)c1ccc(Br)cc1F. The van der Waals surface area contributed by atoms with E-state index in [0.29, 0.717) is 5.56 Å². The lowest BCUT2D eigenvalue weighted by Gasteiger charge is -2.23. The van der Waals surface area contributed by atoms with Crippen LogP contribution in [0.15, 0.2) is 40.9 Å². The van der Waals surface area contributed by atoms with Gasteiger partial charge in [-0.2, -0.15) is 0 Å². The van der Waals surface area contributed by atoms with Gasteiger partial charge in [-0.25, -0.2) is 4.39 Å². The second-order valence-electron chi connectivity index (χ2n) is 5.68. The molecule has 1 aliphatic rings. The highest BCUT2D eigenvalue weighted by Crippen LogP contribution is 2.31. The molecule has 0 fully saturated rings. The molecule has 0 saturated carbocycles. The minimum atomic E-state index is -0.172. The number of hydrogen-bond donors (Lipinski definition) is 1. The number of benzene rings is 2. The lowest BCUT2D eigenvalue weighted by molar-refractivity contribution is 0.599. The summed E-state index contributed by atoms with van der Waals surface area (Å²) in [5.74, 6) is -0.172. The zero-order valence-corrected chi connectivity index (χ0v) is 13.7. The molecule has 110 valence electrons. The molecule has 0 radical (unpaired) electrons. The zero-order valence-electron chi connectivity index (χ0n) is 12.1.